The van der Waals surface area contributed by atoms with Gasteiger partial charge in [-0.25, -0.2) is 4.98 Å². The zero-order valence-corrected chi connectivity index (χ0v) is 10.7. The fourth-order valence-corrected chi connectivity index (χ4v) is 2.10. The van der Waals surface area contributed by atoms with Gasteiger partial charge in [0.05, 0.1) is 0 Å². The zero-order chi connectivity index (χ0) is 12.3. The second kappa shape index (κ2) is 5.47. The van der Waals surface area contributed by atoms with Gasteiger partial charge in [0.2, 0.25) is 5.88 Å². The Morgan fingerprint density at radius 1 is 1.41 bits per heavy atom. The second-order valence-corrected chi connectivity index (χ2v) is 4.77. The van der Waals surface area contributed by atoms with Gasteiger partial charge in [0.25, 0.3) is 0 Å². The van der Waals surface area contributed by atoms with E-state index >= 15 is 0 Å². The Bertz CT molecular complexity index is 390. The lowest BCUT2D eigenvalue weighted by atomic mass is 10.1. The highest BCUT2D eigenvalue weighted by molar-refractivity contribution is 5.36. The van der Waals surface area contributed by atoms with Crippen LogP contribution in [0.1, 0.15) is 23.2 Å². The lowest BCUT2D eigenvalue weighted by molar-refractivity contribution is 0.251. The summed E-state index contributed by atoms with van der Waals surface area (Å²) in [4.78, 5) is 6.69. The van der Waals surface area contributed by atoms with Crippen LogP contribution >= 0.6 is 0 Å². The van der Waals surface area contributed by atoms with Gasteiger partial charge >= 0.3 is 0 Å². The predicted octanol–water partition coefficient (Wildman–Crippen LogP) is 0.969. The molecular formula is C13H21N3O. The standard InChI is InChI=1S/C13H21N3O/c1-16(2)6-7-17-13-11(9-14)8-10-4-3-5-12(10)15-13/h8H,3-7,9,14H2,1-2H3. The average molecular weight is 235 g/mol. The Morgan fingerprint density at radius 2 is 2.24 bits per heavy atom. The highest BCUT2D eigenvalue weighted by atomic mass is 16.5. The number of aryl methyl sites for hydroxylation is 2. The fourth-order valence-electron chi connectivity index (χ4n) is 2.10. The summed E-state index contributed by atoms with van der Waals surface area (Å²) in [7, 11) is 4.06. The first-order chi connectivity index (χ1) is 8.20. The molecule has 1 aromatic heterocycles. The van der Waals surface area contributed by atoms with Crippen molar-refractivity contribution in [2.24, 2.45) is 5.73 Å². The molecule has 0 atom stereocenters. The second-order valence-electron chi connectivity index (χ2n) is 4.77. The molecule has 0 spiro atoms. The first-order valence-electron chi connectivity index (χ1n) is 6.20. The minimum Gasteiger partial charge on any atom is -0.476 e. The van der Waals surface area contributed by atoms with Gasteiger partial charge in [-0.1, -0.05) is 0 Å². The van der Waals surface area contributed by atoms with Crippen molar-refractivity contribution in [3.8, 4) is 5.88 Å². The van der Waals surface area contributed by atoms with Crippen LogP contribution in [0.25, 0.3) is 0 Å². The van der Waals surface area contributed by atoms with E-state index in [1.807, 2.05) is 14.1 Å². The zero-order valence-electron chi connectivity index (χ0n) is 10.7. The van der Waals surface area contributed by atoms with Gasteiger partial charge in [-0.05, 0) is 45.0 Å². The van der Waals surface area contributed by atoms with Crippen molar-refractivity contribution >= 4 is 0 Å². The van der Waals surface area contributed by atoms with Gasteiger partial charge in [-0.15, -0.1) is 0 Å². The van der Waals surface area contributed by atoms with E-state index in [1.54, 1.807) is 0 Å². The number of hydrogen-bond acceptors (Lipinski definition) is 4. The molecule has 0 aromatic carbocycles. The maximum absolute atomic E-state index is 5.75. The van der Waals surface area contributed by atoms with Crippen molar-refractivity contribution in [3.05, 3.63) is 22.9 Å². The highest BCUT2D eigenvalue weighted by Gasteiger charge is 2.16. The molecule has 94 valence electrons. The van der Waals surface area contributed by atoms with Crippen LogP contribution in [0.15, 0.2) is 6.07 Å². The van der Waals surface area contributed by atoms with E-state index < -0.39 is 0 Å². The Kier molecular flexibility index (Phi) is 3.97. The molecule has 0 radical (unpaired) electrons. The van der Waals surface area contributed by atoms with E-state index in [9.17, 15) is 0 Å². The van der Waals surface area contributed by atoms with Gasteiger partial charge in [0, 0.05) is 24.3 Å². The number of nitrogens with zero attached hydrogens (tertiary/aromatic N) is 2. The van der Waals surface area contributed by atoms with E-state index in [0.717, 1.165) is 30.8 Å². The van der Waals surface area contributed by atoms with Crippen molar-refractivity contribution in [2.75, 3.05) is 27.2 Å². The molecule has 1 heterocycles. The summed E-state index contributed by atoms with van der Waals surface area (Å²) >= 11 is 0. The van der Waals surface area contributed by atoms with Crippen molar-refractivity contribution in [2.45, 2.75) is 25.8 Å². The smallest absolute Gasteiger partial charge is 0.218 e. The van der Waals surface area contributed by atoms with Crippen LogP contribution in [0.4, 0.5) is 0 Å². The molecule has 1 aliphatic rings. The molecule has 1 aliphatic carbocycles. The summed E-state index contributed by atoms with van der Waals surface area (Å²) in [5.74, 6) is 0.731. The van der Waals surface area contributed by atoms with E-state index in [2.05, 4.69) is 16.0 Å². The SMILES string of the molecule is CN(C)CCOc1nc2c(cc1CN)CCC2. The Labute approximate surface area is 103 Å². The monoisotopic (exact) mass is 235 g/mol. The van der Waals surface area contributed by atoms with Gasteiger partial charge < -0.3 is 15.4 Å². The molecule has 4 nitrogen and oxygen atoms in total. The average Bonchev–Trinajstić information content (AvgIpc) is 2.74. The molecule has 1 aromatic rings. The minimum absolute atomic E-state index is 0.498. The normalized spacial score (nSPS) is 14.1. The summed E-state index contributed by atoms with van der Waals surface area (Å²) in [6, 6.07) is 2.17. The van der Waals surface area contributed by atoms with Crippen molar-refractivity contribution in [1.29, 1.82) is 0 Å². The van der Waals surface area contributed by atoms with Gasteiger partial charge in [-0.2, -0.15) is 0 Å². The third-order valence-corrected chi connectivity index (χ3v) is 3.09. The summed E-state index contributed by atoms with van der Waals surface area (Å²) in [6.45, 7) is 2.05. The molecule has 0 unspecified atom stereocenters. The van der Waals surface area contributed by atoms with Crippen LogP contribution in [0.2, 0.25) is 0 Å². The van der Waals surface area contributed by atoms with Crippen LogP contribution in [0, 0.1) is 0 Å². The maximum Gasteiger partial charge on any atom is 0.218 e. The molecule has 2 rings (SSSR count). The van der Waals surface area contributed by atoms with Gasteiger partial charge in [-0.3, -0.25) is 0 Å². The topological polar surface area (TPSA) is 51.4 Å². The van der Waals surface area contributed by atoms with E-state index in [0.29, 0.717) is 13.2 Å². The molecule has 0 amide bonds. The van der Waals surface area contributed by atoms with Crippen LogP contribution in [-0.2, 0) is 19.4 Å². The third kappa shape index (κ3) is 2.96. The number of likely N-dealkylation sites (N-methyl/N-ethyl adjacent to an activating group) is 1. The van der Waals surface area contributed by atoms with Gasteiger partial charge in [0.1, 0.15) is 6.61 Å². The van der Waals surface area contributed by atoms with E-state index in [4.69, 9.17) is 10.5 Å². The molecule has 0 aliphatic heterocycles. The number of pyridine rings is 1. The number of aromatic nitrogens is 1. The van der Waals surface area contributed by atoms with Crippen molar-refractivity contribution in [3.63, 3.8) is 0 Å². The molecule has 2 N–H and O–H groups in total. The third-order valence-electron chi connectivity index (χ3n) is 3.09. The fraction of sp³-hybridized carbons (Fsp3) is 0.615. The van der Waals surface area contributed by atoms with Crippen LogP contribution in [0.5, 0.6) is 5.88 Å². The van der Waals surface area contributed by atoms with E-state index in [-0.39, 0.29) is 0 Å². The quantitative estimate of drug-likeness (QED) is 0.826. The minimum atomic E-state index is 0.498. The molecule has 0 saturated heterocycles. The Balaban J connectivity index is 2.09. The van der Waals surface area contributed by atoms with Gasteiger partial charge in [0.15, 0.2) is 0 Å². The number of hydrogen-bond donors (Lipinski definition) is 1. The highest BCUT2D eigenvalue weighted by Crippen LogP contribution is 2.26. The maximum atomic E-state index is 5.75. The first-order valence-corrected chi connectivity index (χ1v) is 6.20. The number of fused-ring (bicyclic) bond motifs is 1. The predicted molar refractivity (Wildman–Crippen MR) is 68.2 cm³/mol. The Morgan fingerprint density at radius 3 is 2.94 bits per heavy atom. The molecular weight excluding hydrogens is 214 g/mol. The molecule has 0 fully saturated rings. The van der Waals surface area contributed by atoms with Crippen LogP contribution in [-0.4, -0.2) is 37.1 Å². The van der Waals surface area contributed by atoms with Crippen LogP contribution < -0.4 is 10.5 Å². The number of ether oxygens (including phenoxy) is 1. The van der Waals surface area contributed by atoms with Crippen LogP contribution in [0.3, 0.4) is 0 Å². The first kappa shape index (κ1) is 12.3. The summed E-state index contributed by atoms with van der Waals surface area (Å²) in [6.07, 6.45) is 3.41. The molecule has 0 saturated carbocycles. The van der Waals surface area contributed by atoms with E-state index in [1.165, 1.54) is 17.7 Å². The van der Waals surface area contributed by atoms with Crippen molar-refractivity contribution in [1.82, 2.24) is 9.88 Å². The molecule has 0 bridgehead atoms. The lowest BCUT2D eigenvalue weighted by Crippen LogP contribution is -2.20. The van der Waals surface area contributed by atoms with Crippen molar-refractivity contribution < 1.29 is 4.74 Å². The summed E-state index contributed by atoms with van der Waals surface area (Å²) in [5.41, 5.74) is 9.33. The molecule has 4 heteroatoms. The number of nitrogens with two attached hydrogens (primary N) is 1. The summed E-state index contributed by atoms with van der Waals surface area (Å²) < 4.78 is 5.73. The largest absolute Gasteiger partial charge is 0.476 e. The summed E-state index contributed by atoms with van der Waals surface area (Å²) in [5, 5.41) is 0. The number of rotatable bonds is 5. The Hall–Kier alpha value is -1.13. The lowest BCUT2D eigenvalue weighted by Gasteiger charge is -2.14. The molecule has 17 heavy (non-hydrogen) atoms.